The van der Waals surface area contributed by atoms with E-state index in [1.54, 1.807) is 30.3 Å². The highest BCUT2D eigenvalue weighted by molar-refractivity contribution is 7.90. The van der Waals surface area contributed by atoms with Gasteiger partial charge in [0.15, 0.2) is 5.82 Å². The minimum Gasteiger partial charge on any atom is -0.444 e. The molecule has 248 valence electrons. The number of hydrogen-bond acceptors (Lipinski definition) is 8. The number of ether oxygens (including phenoxy) is 1. The molecule has 0 aliphatic carbocycles. The summed E-state index contributed by atoms with van der Waals surface area (Å²) in [5.74, 6) is -2.65. The Bertz CT molecular complexity index is 1980. The van der Waals surface area contributed by atoms with Gasteiger partial charge in [-0.3, -0.25) is 9.52 Å². The van der Waals surface area contributed by atoms with Crippen LogP contribution in [0.3, 0.4) is 0 Å². The molecule has 12 nitrogen and oxygen atoms in total. The van der Waals surface area contributed by atoms with E-state index in [-0.39, 0.29) is 23.6 Å². The zero-order chi connectivity index (χ0) is 33.9. The van der Waals surface area contributed by atoms with Crippen molar-refractivity contribution in [3.05, 3.63) is 71.7 Å². The van der Waals surface area contributed by atoms with Gasteiger partial charge < -0.3 is 19.5 Å². The maximum atomic E-state index is 15.5. The molecule has 3 aromatic heterocycles. The molecule has 47 heavy (non-hydrogen) atoms. The number of carbonyl (C=O) groups excluding carboxylic acids is 2. The summed E-state index contributed by atoms with van der Waals surface area (Å²) < 4.78 is 63.7. The zero-order valence-electron chi connectivity index (χ0n) is 26.6. The number of rotatable bonds is 8. The number of hydrogen-bond donors (Lipinski definition) is 2. The molecule has 0 radical (unpaired) electrons. The van der Waals surface area contributed by atoms with Crippen LogP contribution < -0.4 is 9.62 Å². The molecule has 0 saturated carbocycles. The van der Waals surface area contributed by atoms with Crippen molar-refractivity contribution in [1.82, 2.24) is 24.2 Å². The lowest BCUT2D eigenvalue weighted by Crippen LogP contribution is -2.73. The van der Waals surface area contributed by atoms with Crippen LogP contribution in [0.15, 0.2) is 48.9 Å². The average molecular weight is 668 g/mol. The predicted octanol–water partition coefficient (Wildman–Crippen LogP) is 4.80. The third-order valence-corrected chi connectivity index (χ3v) is 9.91. The highest BCUT2D eigenvalue weighted by Gasteiger charge is 2.54. The van der Waals surface area contributed by atoms with E-state index in [4.69, 9.17) is 4.74 Å². The normalized spacial score (nSPS) is 15.9. The van der Waals surface area contributed by atoms with Gasteiger partial charge in [0.2, 0.25) is 5.78 Å². The summed E-state index contributed by atoms with van der Waals surface area (Å²) in [6.07, 6.45) is 4.31. The number of fused-ring (bicyclic) bond motifs is 1. The Hall–Kier alpha value is -4.63. The molecule has 0 unspecified atom stereocenters. The van der Waals surface area contributed by atoms with E-state index in [2.05, 4.69) is 24.6 Å². The molecular formula is C32H35F2N7O5S. The molecule has 2 saturated heterocycles. The van der Waals surface area contributed by atoms with Crippen molar-refractivity contribution in [3.63, 3.8) is 0 Å². The largest absolute Gasteiger partial charge is 0.444 e. The summed E-state index contributed by atoms with van der Waals surface area (Å²) in [4.78, 5) is 41.5. The molecule has 2 N–H and O–H groups in total. The maximum Gasteiger partial charge on any atom is 0.410 e. The van der Waals surface area contributed by atoms with Gasteiger partial charge >= 0.3 is 16.3 Å². The first-order valence-corrected chi connectivity index (χ1v) is 16.5. The van der Waals surface area contributed by atoms with E-state index in [0.717, 1.165) is 35.3 Å². The fraction of sp³-hybridized carbons (Fsp3) is 0.375. The second-order valence-corrected chi connectivity index (χ2v) is 14.8. The average Bonchev–Trinajstić information content (AvgIpc) is 3.39. The molecule has 4 aromatic rings. The van der Waals surface area contributed by atoms with Crippen LogP contribution >= 0.6 is 0 Å². The number of nitrogens with zero attached hydrogens (tertiary/aromatic N) is 5. The molecule has 5 heterocycles. The molecule has 6 rings (SSSR count). The molecule has 1 amide bonds. The van der Waals surface area contributed by atoms with E-state index in [1.165, 1.54) is 13.2 Å². The van der Waals surface area contributed by atoms with Crippen LogP contribution in [0, 0.1) is 17.0 Å². The smallest absolute Gasteiger partial charge is 0.410 e. The quantitative estimate of drug-likeness (QED) is 0.256. The highest BCUT2D eigenvalue weighted by atomic mass is 32.2. The Balaban J connectivity index is 1.18. The first-order chi connectivity index (χ1) is 22.1. The Morgan fingerprint density at radius 1 is 1.06 bits per heavy atom. The molecule has 2 aliphatic rings. The lowest BCUT2D eigenvalue weighted by molar-refractivity contribution is -0.0454. The third-order valence-electron chi connectivity index (χ3n) is 8.35. The molecule has 1 aromatic carbocycles. The van der Waals surface area contributed by atoms with E-state index < -0.39 is 44.5 Å². The van der Waals surface area contributed by atoms with Gasteiger partial charge in [-0.25, -0.2) is 23.5 Å². The summed E-state index contributed by atoms with van der Waals surface area (Å²) in [5, 5.41) is 0.330. The highest BCUT2D eigenvalue weighted by Crippen LogP contribution is 2.42. The number of benzene rings is 1. The second-order valence-electron chi connectivity index (χ2n) is 13.1. The number of amides is 1. The number of aromatic amines is 1. The van der Waals surface area contributed by atoms with Crippen LogP contribution in [-0.4, -0.2) is 89.8 Å². The molecule has 0 atom stereocenters. The molecular weight excluding hydrogens is 632 g/mol. The van der Waals surface area contributed by atoms with Crippen molar-refractivity contribution in [2.75, 3.05) is 49.4 Å². The van der Waals surface area contributed by atoms with Crippen LogP contribution in [0.4, 0.5) is 25.1 Å². The number of anilines is 2. The van der Waals surface area contributed by atoms with Gasteiger partial charge in [-0.2, -0.15) is 12.7 Å². The summed E-state index contributed by atoms with van der Waals surface area (Å²) in [7, 11) is -2.82. The van der Waals surface area contributed by atoms with Gasteiger partial charge in [0, 0.05) is 85.9 Å². The number of H-pyrrole nitrogens is 1. The fourth-order valence-corrected chi connectivity index (χ4v) is 6.73. The number of ketones is 1. The second kappa shape index (κ2) is 11.6. The van der Waals surface area contributed by atoms with Gasteiger partial charge in [-0.1, -0.05) is 6.92 Å². The molecule has 1 spiro atoms. The third kappa shape index (κ3) is 6.12. The van der Waals surface area contributed by atoms with Crippen LogP contribution in [0.5, 0.6) is 0 Å². The first kappa shape index (κ1) is 32.3. The zero-order valence-corrected chi connectivity index (χ0v) is 27.4. The van der Waals surface area contributed by atoms with Gasteiger partial charge in [0.25, 0.3) is 0 Å². The lowest BCUT2D eigenvalue weighted by Gasteiger charge is -2.60. The fourth-order valence-electron chi connectivity index (χ4n) is 5.80. The van der Waals surface area contributed by atoms with Crippen molar-refractivity contribution in [1.29, 1.82) is 0 Å². The monoisotopic (exact) mass is 667 g/mol. The van der Waals surface area contributed by atoms with Crippen LogP contribution in [0.1, 0.15) is 43.6 Å². The number of halogens is 2. The lowest BCUT2D eigenvalue weighted by atomic mass is 9.73. The molecule has 2 aliphatic heterocycles. The van der Waals surface area contributed by atoms with Crippen molar-refractivity contribution >= 4 is 44.6 Å². The summed E-state index contributed by atoms with van der Waals surface area (Å²) >= 11 is 0. The van der Waals surface area contributed by atoms with E-state index in [9.17, 15) is 22.4 Å². The SMILES string of the molecule is CCN(C)S(=O)(=O)Nc1ccc(F)c(C(=O)c2c[nH]c3ncc(-c4ccc(N5CC6(CN(C(=O)OC(C)(C)C)C6)C5)nc4)cc23)c1F. The van der Waals surface area contributed by atoms with Gasteiger partial charge in [-0.15, -0.1) is 0 Å². The number of pyridine rings is 2. The molecule has 0 bridgehead atoms. The predicted molar refractivity (Wildman–Crippen MR) is 172 cm³/mol. The van der Waals surface area contributed by atoms with Crippen molar-refractivity contribution in [2.24, 2.45) is 5.41 Å². The van der Waals surface area contributed by atoms with Crippen molar-refractivity contribution in [2.45, 2.75) is 33.3 Å². The van der Waals surface area contributed by atoms with Crippen molar-refractivity contribution in [3.8, 4) is 11.1 Å². The molecule has 2 fully saturated rings. The Morgan fingerprint density at radius 2 is 1.77 bits per heavy atom. The van der Waals surface area contributed by atoms with Gasteiger partial charge in [0.1, 0.15) is 22.9 Å². The van der Waals surface area contributed by atoms with E-state index in [1.807, 2.05) is 32.9 Å². The van der Waals surface area contributed by atoms with Crippen LogP contribution in [0.2, 0.25) is 0 Å². The standard InChI is InChI=1S/C32H35F2N7O5S/c1-6-39(5)47(44,45)38-24-9-8-23(33)26(27(24)34)28(42)22-14-37-29-21(22)11-20(13-36-29)19-7-10-25(35-12-19)40-15-32(16-40)17-41(18-32)30(43)46-31(2,3)4/h7-14,38H,6,15-18H2,1-5H3,(H,36,37). The number of aromatic nitrogens is 3. The topological polar surface area (TPSA) is 141 Å². The summed E-state index contributed by atoms with van der Waals surface area (Å²) in [6, 6.07) is 7.21. The Labute approximate surface area is 270 Å². The summed E-state index contributed by atoms with van der Waals surface area (Å²) in [6.45, 7) is 10.1. The number of carbonyl (C=O) groups is 2. The van der Waals surface area contributed by atoms with Gasteiger partial charge in [-0.05, 0) is 51.1 Å². The molecule has 15 heteroatoms. The van der Waals surface area contributed by atoms with Crippen molar-refractivity contribution < 1.29 is 31.5 Å². The summed E-state index contributed by atoms with van der Waals surface area (Å²) in [5.41, 5.74) is -0.301. The minimum atomic E-state index is -4.12. The van der Waals surface area contributed by atoms with Crippen LogP contribution in [-0.2, 0) is 14.9 Å². The first-order valence-electron chi connectivity index (χ1n) is 15.0. The Morgan fingerprint density at radius 3 is 2.40 bits per heavy atom. The number of nitrogens with one attached hydrogen (secondary N) is 2. The van der Waals surface area contributed by atoms with Gasteiger partial charge in [0.05, 0.1) is 11.3 Å². The Kier molecular flexibility index (Phi) is 7.95. The minimum absolute atomic E-state index is 0.0331. The maximum absolute atomic E-state index is 15.5. The number of likely N-dealkylation sites (tertiary alicyclic amines) is 1. The van der Waals surface area contributed by atoms with Crippen LogP contribution in [0.25, 0.3) is 22.2 Å². The van der Waals surface area contributed by atoms with E-state index in [0.29, 0.717) is 35.2 Å². The van der Waals surface area contributed by atoms with E-state index >= 15 is 4.39 Å².